The van der Waals surface area contributed by atoms with Crippen LogP contribution in [0.4, 0.5) is 5.69 Å². The maximum atomic E-state index is 11.6. The van der Waals surface area contributed by atoms with Crippen LogP contribution in [0.25, 0.3) is 0 Å². The number of carbonyl (C=O) groups excluding carboxylic acids is 2. The first kappa shape index (κ1) is 17.8. The van der Waals surface area contributed by atoms with Gasteiger partial charge >= 0.3 is 0 Å². The van der Waals surface area contributed by atoms with Gasteiger partial charge in [-0.3, -0.25) is 24.6 Å². The van der Waals surface area contributed by atoms with Crippen LogP contribution in [0.5, 0.6) is 5.75 Å². The number of nitro benzene ring substituents is 1. The minimum atomic E-state index is -0.630. The van der Waals surface area contributed by atoms with Crippen molar-refractivity contribution in [3.8, 4) is 5.75 Å². The van der Waals surface area contributed by atoms with Crippen LogP contribution in [0.3, 0.4) is 0 Å². The summed E-state index contributed by atoms with van der Waals surface area (Å²) >= 11 is 0. The van der Waals surface area contributed by atoms with Gasteiger partial charge in [0, 0.05) is 25.6 Å². The minimum Gasteiger partial charge on any atom is -0.493 e. The second-order valence-electron chi connectivity index (χ2n) is 5.30. The number of morpholine rings is 1. The molecular weight excluding hydrogens is 318 g/mol. The molecule has 0 aliphatic carbocycles. The average molecular weight is 337 g/mol. The summed E-state index contributed by atoms with van der Waals surface area (Å²) in [6.45, 7) is 2.55. The number of nitrogens with two attached hydrogens (primary N) is 1. The SMILES string of the molecule is NC(=O)C(CCOc1ccc([N+](=O)[O-])c(C=O)c1)N1CCOCC1. The van der Waals surface area contributed by atoms with E-state index in [1.54, 1.807) is 0 Å². The third-order valence-corrected chi connectivity index (χ3v) is 3.80. The largest absolute Gasteiger partial charge is 0.493 e. The molecule has 24 heavy (non-hydrogen) atoms. The van der Waals surface area contributed by atoms with Crippen molar-refractivity contribution in [3.05, 3.63) is 33.9 Å². The highest BCUT2D eigenvalue weighted by Crippen LogP contribution is 2.23. The molecule has 1 atom stereocenters. The minimum absolute atomic E-state index is 0.0582. The van der Waals surface area contributed by atoms with E-state index in [1.807, 2.05) is 4.90 Å². The molecule has 130 valence electrons. The molecule has 9 heteroatoms. The molecule has 9 nitrogen and oxygen atoms in total. The molecule has 1 aromatic carbocycles. The number of benzene rings is 1. The summed E-state index contributed by atoms with van der Waals surface area (Å²) in [5.41, 5.74) is 5.11. The molecule has 0 spiro atoms. The van der Waals surface area contributed by atoms with Gasteiger partial charge in [0.05, 0.1) is 36.3 Å². The first-order valence-corrected chi connectivity index (χ1v) is 7.50. The van der Waals surface area contributed by atoms with Gasteiger partial charge in [-0.05, 0) is 12.1 Å². The molecule has 1 amide bonds. The number of carbonyl (C=O) groups is 2. The van der Waals surface area contributed by atoms with E-state index in [9.17, 15) is 19.7 Å². The van der Waals surface area contributed by atoms with Crippen molar-refractivity contribution in [2.75, 3.05) is 32.9 Å². The van der Waals surface area contributed by atoms with E-state index >= 15 is 0 Å². The summed E-state index contributed by atoms with van der Waals surface area (Å²) in [6.07, 6.45) is 0.785. The molecule has 1 unspecified atom stereocenters. The average Bonchev–Trinajstić information content (AvgIpc) is 2.58. The quantitative estimate of drug-likeness (QED) is 0.412. The smallest absolute Gasteiger partial charge is 0.280 e. The van der Waals surface area contributed by atoms with E-state index in [2.05, 4.69) is 0 Å². The van der Waals surface area contributed by atoms with Crippen LogP contribution >= 0.6 is 0 Å². The van der Waals surface area contributed by atoms with Crippen LogP contribution in [0.1, 0.15) is 16.8 Å². The predicted molar refractivity (Wildman–Crippen MR) is 84.0 cm³/mol. The zero-order valence-corrected chi connectivity index (χ0v) is 13.1. The van der Waals surface area contributed by atoms with Crippen LogP contribution in [-0.2, 0) is 9.53 Å². The monoisotopic (exact) mass is 337 g/mol. The number of hydrogen-bond acceptors (Lipinski definition) is 7. The summed E-state index contributed by atoms with van der Waals surface area (Å²) in [6, 6.07) is 3.47. The molecule has 1 aliphatic rings. The van der Waals surface area contributed by atoms with E-state index in [4.69, 9.17) is 15.2 Å². The van der Waals surface area contributed by atoms with Crippen LogP contribution in [0.2, 0.25) is 0 Å². The second kappa shape index (κ2) is 8.37. The van der Waals surface area contributed by atoms with Gasteiger partial charge in [-0.1, -0.05) is 0 Å². The molecule has 1 aliphatic heterocycles. The highest BCUT2D eigenvalue weighted by molar-refractivity contribution is 5.82. The lowest BCUT2D eigenvalue weighted by atomic mass is 10.1. The Morgan fingerprint density at radius 3 is 2.75 bits per heavy atom. The molecule has 2 N–H and O–H groups in total. The zero-order chi connectivity index (χ0) is 17.5. The van der Waals surface area contributed by atoms with Crippen LogP contribution in [0, 0.1) is 10.1 Å². The topological polar surface area (TPSA) is 125 Å². The van der Waals surface area contributed by atoms with Crippen molar-refractivity contribution < 1.29 is 24.0 Å². The number of amides is 1. The van der Waals surface area contributed by atoms with Gasteiger partial charge in [0.1, 0.15) is 5.75 Å². The fourth-order valence-corrected chi connectivity index (χ4v) is 2.57. The lowest BCUT2D eigenvalue weighted by molar-refractivity contribution is -0.385. The molecule has 1 heterocycles. The Labute approximate surface area is 138 Å². The van der Waals surface area contributed by atoms with E-state index in [-0.39, 0.29) is 17.9 Å². The number of nitro groups is 1. The summed E-state index contributed by atoms with van der Waals surface area (Å²) in [4.78, 5) is 34.6. The van der Waals surface area contributed by atoms with Crippen LogP contribution in [0.15, 0.2) is 18.2 Å². The first-order chi connectivity index (χ1) is 11.5. The van der Waals surface area contributed by atoms with Crippen LogP contribution in [-0.4, -0.2) is 61.0 Å². The molecule has 0 saturated carbocycles. The van der Waals surface area contributed by atoms with Gasteiger partial charge < -0.3 is 15.2 Å². The van der Waals surface area contributed by atoms with Crippen molar-refractivity contribution in [3.63, 3.8) is 0 Å². The van der Waals surface area contributed by atoms with Gasteiger partial charge in [-0.15, -0.1) is 0 Å². The fraction of sp³-hybridized carbons (Fsp3) is 0.467. The Bertz CT molecular complexity index is 615. The maximum Gasteiger partial charge on any atom is 0.280 e. The molecular formula is C15H19N3O6. The van der Waals surface area contributed by atoms with Gasteiger partial charge in [-0.25, -0.2) is 0 Å². The van der Waals surface area contributed by atoms with Gasteiger partial charge in [0.15, 0.2) is 6.29 Å². The Balaban J connectivity index is 1.95. The lowest BCUT2D eigenvalue weighted by Gasteiger charge is -2.32. The number of hydrogen-bond donors (Lipinski definition) is 1. The van der Waals surface area contributed by atoms with Crippen molar-refractivity contribution in [2.24, 2.45) is 5.73 Å². The third-order valence-electron chi connectivity index (χ3n) is 3.80. The van der Waals surface area contributed by atoms with Gasteiger partial charge in [-0.2, -0.15) is 0 Å². The summed E-state index contributed by atoms with van der Waals surface area (Å²) in [5.74, 6) is -0.106. The fourth-order valence-electron chi connectivity index (χ4n) is 2.57. The highest BCUT2D eigenvalue weighted by Gasteiger charge is 2.25. The molecule has 0 aromatic heterocycles. The molecule has 1 fully saturated rings. The predicted octanol–water partition coefficient (Wildman–Crippen LogP) is 0.362. The first-order valence-electron chi connectivity index (χ1n) is 7.50. The highest BCUT2D eigenvalue weighted by atomic mass is 16.6. The van der Waals surface area contributed by atoms with E-state index in [1.165, 1.54) is 18.2 Å². The maximum absolute atomic E-state index is 11.6. The van der Waals surface area contributed by atoms with Crippen molar-refractivity contribution >= 4 is 17.9 Å². The van der Waals surface area contributed by atoms with Crippen LogP contribution < -0.4 is 10.5 Å². The van der Waals surface area contributed by atoms with Gasteiger partial charge in [0.25, 0.3) is 5.69 Å². The summed E-state index contributed by atoms with van der Waals surface area (Å²) < 4.78 is 10.8. The summed E-state index contributed by atoms with van der Waals surface area (Å²) in [5, 5.41) is 10.8. The van der Waals surface area contributed by atoms with Crippen molar-refractivity contribution in [1.29, 1.82) is 0 Å². The number of ether oxygens (including phenoxy) is 2. The standard InChI is InChI=1S/C15H19N3O6/c16-15(20)14(17-4-7-23-8-5-17)3-6-24-12-1-2-13(18(21)22)11(9-12)10-19/h1-2,9-10,14H,3-8H2,(H2,16,20). The Kier molecular flexibility index (Phi) is 6.21. The summed E-state index contributed by atoms with van der Waals surface area (Å²) in [7, 11) is 0. The van der Waals surface area contributed by atoms with E-state index in [0.29, 0.717) is 44.8 Å². The third kappa shape index (κ3) is 4.49. The Morgan fingerprint density at radius 2 is 2.17 bits per heavy atom. The molecule has 0 bridgehead atoms. The molecule has 0 radical (unpaired) electrons. The van der Waals surface area contributed by atoms with Crippen molar-refractivity contribution in [1.82, 2.24) is 4.90 Å². The number of nitrogens with zero attached hydrogens (tertiary/aromatic N) is 2. The van der Waals surface area contributed by atoms with Gasteiger partial charge in [0.2, 0.25) is 5.91 Å². The number of aldehydes is 1. The van der Waals surface area contributed by atoms with Crippen molar-refractivity contribution in [2.45, 2.75) is 12.5 Å². The Morgan fingerprint density at radius 1 is 1.46 bits per heavy atom. The lowest BCUT2D eigenvalue weighted by Crippen LogP contribution is -2.50. The van der Waals surface area contributed by atoms with E-state index in [0.717, 1.165) is 0 Å². The van der Waals surface area contributed by atoms with E-state index < -0.39 is 16.9 Å². The molecule has 2 rings (SSSR count). The number of rotatable bonds is 8. The molecule has 1 aromatic rings. The normalized spacial score (nSPS) is 16.3. The Hall–Kier alpha value is -2.52. The zero-order valence-electron chi connectivity index (χ0n) is 13.1. The molecule has 1 saturated heterocycles. The second-order valence-corrected chi connectivity index (χ2v) is 5.30. The number of primary amides is 1.